The first-order valence-corrected chi connectivity index (χ1v) is 11.9. The van der Waals surface area contributed by atoms with E-state index in [0.29, 0.717) is 17.9 Å². The molecule has 0 spiro atoms. The van der Waals surface area contributed by atoms with Crippen molar-refractivity contribution in [3.05, 3.63) is 83.9 Å². The zero-order valence-corrected chi connectivity index (χ0v) is 16.2. The molecule has 0 aromatic heterocycles. The van der Waals surface area contributed by atoms with E-state index in [9.17, 15) is 0 Å². The van der Waals surface area contributed by atoms with Crippen molar-refractivity contribution in [1.29, 1.82) is 0 Å². The lowest BCUT2D eigenvalue weighted by Crippen LogP contribution is -2.05. The summed E-state index contributed by atoms with van der Waals surface area (Å²) in [6.07, 6.45) is 0.694. The topological polar surface area (TPSA) is 18.5 Å². The minimum atomic E-state index is -2.97. The molecule has 0 bridgehead atoms. The van der Waals surface area contributed by atoms with Crippen LogP contribution in [0.1, 0.15) is 11.1 Å². The molecule has 1 aliphatic heterocycles. The number of hydrogen-bond acceptors (Lipinski definition) is 3. The minimum Gasteiger partial charge on any atom is -0.424 e. The molecular formula is C21H14ClO2PS. The molecule has 128 valence electrons. The van der Waals surface area contributed by atoms with Crippen LogP contribution in [0.25, 0.3) is 21.5 Å². The average Bonchev–Trinajstić information content (AvgIpc) is 2.63. The van der Waals surface area contributed by atoms with Crippen LogP contribution in [0.15, 0.2) is 72.8 Å². The van der Waals surface area contributed by atoms with Gasteiger partial charge in [-0.2, -0.15) is 0 Å². The molecule has 0 unspecified atom stereocenters. The van der Waals surface area contributed by atoms with Crippen LogP contribution < -0.4 is 9.05 Å². The summed E-state index contributed by atoms with van der Waals surface area (Å²) in [5.74, 6) is -1.56. The van der Waals surface area contributed by atoms with Crippen LogP contribution in [-0.2, 0) is 18.2 Å². The third-order valence-corrected chi connectivity index (χ3v) is 6.45. The second kappa shape index (κ2) is 5.99. The van der Waals surface area contributed by atoms with E-state index >= 15 is 0 Å². The third-order valence-electron chi connectivity index (χ3n) is 4.76. The van der Waals surface area contributed by atoms with Gasteiger partial charge in [0.1, 0.15) is 11.5 Å². The van der Waals surface area contributed by atoms with Gasteiger partial charge in [0.2, 0.25) is 0 Å². The summed E-state index contributed by atoms with van der Waals surface area (Å²) in [4.78, 5) is 0. The maximum atomic E-state index is 6.49. The lowest BCUT2D eigenvalue weighted by atomic mass is 9.93. The fourth-order valence-electron chi connectivity index (χ4n) is 3.60. The van der Waals surface area contributed by atoms with Crippen LogP contribution in [-0.4, -0.2) is 0 Å². The molecule has 26 heavy (non-hydrogen) atoms. The molecule has 0 saturated carbocycles. The Morgan fingerprint density at radius 2 is 1.15 bits per heavy atom. The lowest BCUT2D eigenvalue weighted by Gasteiger charge is -2.25. The Bertz CT molecular complexity index is 1130. The molecule has 1 heterocycles. The van der Waals surface area contributed by atoms with Gasteiger partial charge in [0, 0.05) is 29.4 Å². The molecule has 0 N–H and O–H groups in total. The number of benzene rings is 4. The minimum absolute atomic E-state index is 0.694. The fourth-order valence-corrected chi connectivity index (χ4v) is 5.38. The van der Waals surface area contributed by atoms with Gasteiger partial charge in [0.15, 0.2) is 0 Å². The highest BCUT2D eigenvalue weighted by Crippen LogP contribution is 2.57. The molecule has 1 aliphatic rings. The first-order chi connectivity index (χ1) is 12.6. The molecule has 0 atom stereocenters. The summed E-state index contributed by atoms with van der Waals surface area (Å²) in [6.45, 7) is 0. The Balaban J connectivity index is 1.86. The maximum Gasteiger partial charge on any atom is 0.384 e. The van der Waals surface area contributed by atoms with Gasteiger partial charge in [0.25, 0.3) is 0 Å². The summed E-state index contributed by atoms with van der Waals surface area (Å²) in [6, 6.07) is 24.5. The Kier molecular flexibility index (Phi) is 3.72. The number of hydrogen-bond donors (Lipinski definition) is 0. The van der Waals surface area contributed by atoms with E-state index in [0.717, 1.165) is 21.9 Å². The van der Waals surface area contributed by atoms with Gasteiger partial charge < -0.3 is 9.05 Å². The second-order valence-electron chi connectivity index (χ2n) is 6.32. The molecule has 0 radical (unpaired) electrons. The van der Waals surface area contributed by atoms with E-state index in [-0.39, 0.29) is 0 Å². The molecule has 4 aromatic carbocycles. The van der Waals surface area contributed by atoms with Crippen molar-refractivity contribution in [3.8, 4) is 11.5 Å². The predicted octanol–water partition coefficient (Wildman–Crippen LogP) is 6.82. The highest BCUT2D eigenvalue weighted by atomic mass is 35.7. The SMILES string of the molecule is S=P1(Cl)Oc2ccc3ccccc3c2Cc2c(ccc3ccccc23)O1. The quantitative estimate of drug-likeness (QED) is 0.304. The summed E-state index contributed by atoms with van der Waals surface area (Å²) in [5, 5.41) is 4.64. The van der Waals surface area contributed by atoms with Crippen molar-refractivity contribution in [2.75, 3.05) is 0 Å². The Labute approximate surface area is 161 Å². The zero-order valence-electron chi connectivity index (χ0n) is 13.7. The van der Waals surface area contributed by atoms with Gasteiger partial charge in [-0.25, -0.2) is 0 Å². The molecular weight excluding hydrogens is 383 g/mol. The normalized spacial score (nSPS) is 15.3. The number of halogens is 1. The maximum absolute atomic E-state index is 6.49. The van der Waals surface area contributed by atoms with Crippen molar-refractivity contribution in [2.45, 2.75) is 6.42 Å². The van der Waals surface area contributed by atoms with Crippen LogP contribution in [0.3, 0.4) is 0 Å². The summed E-state index contributed by atoms with van der Waals surface area (Å²) in [5.41, 5.74) is 2.19. The predicted molar refractivity (Wildman–Crippen MR) is 112 cm³/mol. The van der Waals surface area contributed by atoms with Crippen LogP contribution in [0, 0.1) is 0 Å². The lowest BCUT2D eigenvalue weighted by molar-refractivity contribution is 0.493. The van der Waals surface area contributed by atoms with Crippen molar-refractivity contribution in [1.82, 2.24) is 0 Å². The molecule has 5 rings (SSSR count). The summed E-state index contributed by atoms with van der Waals surface area (Å²) >= 11 is 12.0. The van der Waals surface area contributed by atoms with Crippen LogP contribution in [0.2, 0.25) is 0 Å². The molecule has 0 fully saturated rings. The molecule has 5 heteroatoms. The molecule has 4 aromatic rings. The Morgan fingerprint density at radius 3 is 1.65 bits per heavy atom. The number of fused-ring (bicyclic) bond motifs is 6. The summed E-state index contributed by atoms with van der Waals surface area (Å²) in [7, 11) is 0. The Morgan fingerprint density at radius 1 is 0.692 bits per heavy atom. The smallest absolute Gasteiger partial charge is 0.384 e. The van der Waals surface area contributed by atoms with Crippen LogP contribution in [0.5, 0.6) is 11.5 Å². The first-order valence-electron chi connectivity index (χ1n) is 8.31. The fraction of sp³-hybridized carbons (Fsp3) is 0.0476. The first kappa shape index (κ1) is 16.1. The van der Waals surface area contributed by atoms with Gasteiger partial charge in [-0.1, -0.05) is 60.7 Å². The van der Waals surface area contributed by atoms with Crippen molar-refractivity contribution in [2.24, 2.45) is 0 Å². The molecule has 2 nitrogen and oxygen atoms in total. The highest BCUT2D eigenvalue weighted by Gasteiger charge is 2.27. The summed E-state index contributed by atoms with van der Waals surface area (Å²) < 4.78 is 11.9. The second-order valence-corrected chi connectivity index (χ2v) is 10.9. The molecule has 0 amide bonds. The van der Waals surface area contributed by atoms with Crippen molar-refractivity contribution in [3.63, 3.8) is 0 Å². The van der Waals surface area contributed by atoms with Gasteiger partial charge in [-0.3, -0.25) is 0 Å². The van der Waals surface area contributed by atoms with E-state index in [1.807, 2.05) is 48.5 Å². The zero-order chi connectivity index (χ0) is 17.7. The van der Waals surface area contributed by atoms with E-state index < -0.39 is 5.84 Å². The van der Waals surface area contributed by atoms with Crippen molar-refractivity contribution >= 4 is 50.4 Å². The molecule has 0 aliphatic carbocycles. The van der Waals surface area contributed by atoms with E-state index in [2.05, 4.69) is 24.3 Å². The van der Waals surface area contributed by atoms with Crippen LogP contribution in [0.4, 0.5) is 0 Å². The van der Waals surface area contributed by atoms with Crippen LogP contribution >= 0.6 is 17.1 Å². The standard InChI is InChI=1S/C21H14ClO2PS/c22-25(26)23-20-11-9-14-5-1-3-7-16(14)18(20)13-19-17-8-4-2-6-15(17)10-12-21(19)24-25/h1-12H,13H2. The number of rotatable bonds is 0. The van der Waals surface area contributed by atoms with E-state index in [4.69, 9.17) is 32.1 Å². The van der Waals surface area contributed by atoms with Gasteiger partial charge in [-0.05, 0) is 44.9 Å². The third kappa shape index (κ3) is 2.68. The van der Waals surface area contributed by atoms with Gasteiger partial charge >= 0.3 is 5.84 Å². The average molecular weight is 397 g/mol. The van der Waals surface area contributed by atoms with Gasteiger partial charge in [-0.15, -0.1) is 0 Å². The van der Waals surface area contributed by atoms with Gasteiger partial charge in [0.05, 0.1) is 0 Å². The monoisotopic (exact) mass is 396 g/mol. The largest absolute Gasteiger partial charge is 0.424 e. The molecule has 0 saturated heterocycles. The van der Waals surface area contributed by atoms with E-state index in [1.165, 1.54) is 10.8 Å². The van der Waals surface area contributed by atoms with E-state index in [1.54, 1.807) is 0 Å². The van der Waals surface area contributed by atoms with Crippen molar-refractivity contribution < 1.29 is 9.05 Å². The Hall–Kier alpha value is -2.06. The highest BCUT2D eigenvalue weighted by molar-refractivity contribution is 8.22.